The SMILES string of the molecule is C[C@]1(c2ccc3c(c2)OCO3)NC(=O)N(Cc2csc(COc3ccc(F)cc3)n2)C1=O. The molecule has 3 heterocycles. The summed E-state index contributed by atoms with van der Waals surface area (Å²) in [6.45, 7) is 2.02. The second-order valence-electron chi connectivity index (χ2n) is 7.49. The number of imide groups is 1. The maximum absolute atomic E-state index is 13.2. The van der Waals surface area contributed by atoms with Crippen LogP contribution in [0.3, 0.4) is 0 Å². The first-order chi connectivity index (χ1) is 15.4. The number of hydrogen-bond donors (Lipinski definition) is 1. The maximum Gasteiger partial charge on any atom is 0.325 e. The molecule has 5 rings (SSSR count). The van der Waals surface area contributed by atoms with Crippen LogP contribution in [-0.4, -0.2) is 28.6 Å². The van der Waals surface area contributed by atoms with E-state index in [0.717, 1.165) is 4.90 Å². The van der Waals surface area contributed by atoms with Gasteiger partial charge in [-0.1, -0.05) is 6.07 Å². The zero-order chi connectivity index (χ0) is 22.3. The number of nitrogens with zero attached hydrogens (tertiary/aromatic N) is 2. The van der Waals surface area contributed by atoms with Crippen molar-refractivity contribution in [3.8, 4) is 17.2 Å². The zero-order valence-electron chi connectivity index (χ0n) is 17.0. The quantitative estimate of drug-likeness (QED) is 0.572. The average Bonchev–Trinajstić information content (AvgIpc) is 3.49. The van der Waals surface area contributed by atoms with E-state index in [9.17, 15) is 14.0 Å². The fourth-order valence-corrected chi connectivity index (χ4v) is 4.27. The van der Waals surface area contributed by atoms with Crippen molar-refractivity contribution in [1.29, 1.82) is 0 Å². The smallest absolute Gasteiger partial charge is 0.325 e. The molecule has 0 saturated carbocycles. The number of benzene rings is 2. The lowest BCUT2D eigenvalue weighted by Gasteiger charge is -2.22. The van der Waals surface area contributed by atoms with E-state index in [4.69, 9.17) is 14.2 Å². The topological polar surface area (TPSA) is 90.0 Å². The summed E-state index contributed by atoms with van der Waals surface area (Å²) in [5.74, 6) is 0.948. The van der Waals surface area contributed by atoms with E-state index in [-0.39, 0.29) is 31.7 Å². The summed E-state index contributed by atoms with van der Waals surface area (Å²) in [4.78, 5) is 31.4. The number of hydrogen-bond acceptors (Lipinski definition) is 7. The molecular weight excluding hydrogens is 437 g/mol. The van der Waals surface area contributed by atoms with Crippen LogP contribution in [0.25, 0.3) is 0 Å². The molecular formula is C22H18FN3O5S. The van der Waals surface area contributed by atoms with Crippen LogP contribution in [0.2, 0.25) is 0 Å². The number of rotatable bonds is 6. The molecule has 1 saturated heterocycles. The Labute approximate surface area is 186 Å². The van der Waals surface area contributed by atoms with Gasteiger partial charge in [-0.05, 0) is 48.9 Å². The highest BCUT2D eigenvalue weighted by Crippen LogP contribution is 2.38. The van der Waals surface area contributed by atoms with E-state index in [1.54, 1.807) is 30.5 Å². The molecule has 10 heteroatoms. The molecule has 164 valence electrons. The van der Waals surface area contributed by atoms with Crippen molar-refractivity contribution in [2.75, 3.05) is 6.79 Å². The van der Waals surface area contributed by atoms with Gasteiger partial charge in [0.2, 0.25) is 6.79 Å². The molecule has 2 aliphatic heterocycles. The maximum atomic E-state index is 13.2. The molecule has 32 heavy (non-hydrogen) atoms. The Kier molecular flexibility index (Phi) is 4.93. The summed E-state index contributed by atoms with van der Waals surface area (Å²) in [5.41, 5.74) is -0.0387. The molecule has 0 unspecified atom stereocenters. The Morgan fingerprint density at radius 3 is 2.78 bits per heavy atom. The first-order valence-electron chi connectivity index (χ1n) is 9.78. The van der Waals surface area contributed by atoms with Crippen LogP contribution in [0.15, 0.2) is 47.8 Å². The standard InChI is InChI=1S/C22H18FN3O5S/c1-22(13-2-7-17-18(8-13)31-12-30-17)20(27)26(21(28)25-22)9-15-11-32-19(24-15)10-29-16-5-3-14(23)4-6-16/h2-8,11H,9-10,12H2,1H3,(H,25,28)/t22-/m1/s1. The lowest BCUT2D eigenvalue weighted by molar-refractivity contribution is -0.131. The van der Waals surface area contributed by atoms with Crippen LogP contribution in [0, 0.1) is 5.82 Å². The molecule has 1 aromatic heterocycles. The predicted molar refractivity (Wildman–Crippen MR) is 112 cm³/mol. The van der Waals surface area contributed by atoms with Gasteiger partial charge in [0.15, 0.2) is 11.5 Å². The number of ether oxygens (including phenoxy) is 3. The number of amides is 3. The number of carbonyl (C=O) groups is 2. The molecule has 0 spiro atoms. The van der Waals surface area contributed by atoms with Crippen LogP contribution in [0.4, 0.5) is 9.18 Å². The Morgan fingerprint density at radius 2 is 1.97 bits per heavy atom. The summed E-state index contributed by atoms with van der Waals surface area (Å²) in [6.07, 6.45) is 0. The number of fused-ring (bicyclic) bond motifs is 1. The molecule has 3 amide bonds. The summed E-state index contributed by atoms with van der Waals surface area (Å²) < 4.78 is 29.3. The third-order valence-electron chi connectivity index (χ3n) is 5.32. The van der Waals surface area contributed by atoms with Crippen LogP contribution >= 0.6 is 11.3 Å². The van der Waals surface area contributed by atoms with Gasteiger partial charge in [0, 0.05) is 5.38 Å². The second-order valence-corrected chi connectivity index (χ2v) is 8.43. The zero-order valence-corrected chi connectivity index (χ0v) is 17.8. The number of aromatic nitrogens is 1. The van der Waals surface area contributed by atoms with E-state index < -0.39 is 11.6 Å². The average molecular weight is 455 g/mol. The monoisotopic (exact) mass is 455 g/mol. The Morgan fingerprint density at radius 1 is 1.19 bits per heavy atom. The number of urea groups is 1. The molecule has 1 N–H and O–H groups in total. The predicted octanol–water partition coefficient (Wildman–Crippen LogP) is 3.56. The summed E-state index contributed by atoms with van der Waals surface area (Å²) >= 11 is 1.36. The lowest BCUT2D eigenvalue weighted by Crippen LogP contribution is -2.40. The third-order valence-corrected chi connectivity index (χ3v) is 6.19. The van der Waals surface area contributed by atoms with Gasteiger partial charge in [0.25, 0.3) is 5.91 Å². The van der Waals surface area contributed by atoms with Crippen LogP contribution < -0.4 is 19.5 Å². The highest BCUT2D eigenvalue weighted by molar-refractivity contribution is 7.09. The highest BCUT2D eigenvalue weighted by atomic mass is 32.1. The molecule has 1 fully saturated rings. The van der Waals surface area contributed by atoms with Gasteiger partial charge in [-0.3, -0.25) is 9.69 Å². The molecule has 8 nitrogen and oxygen atoms in total. The first kappa shape index (κ1) is 20.3. The van der Waals surface area contributed by atoms with Crippen molar-refractivity contribution in [1.82, 2.24) is 15.2 Å². The largest absolute Gasteiger partial charge is 0.486 e. The summed E-state index contributed by atoms with van der Waals surface area (Å²) in [5, 5.41) is 5.23. The van der Waals surface area contributed by atoms with Crippen molar-refractivity contribution in [3.63, 3.8) is 0 Å². The highest BCUT2D eigenvalue weighted by Gasteiger charge is 2.49. The van der Waals surface area contributed by atoms with Crippen LogP contribution in [0.1, 0.15) is 23.2 Å². The van der Waals surface area contributed by atoms with Gasteiger partial charge in [-0.25, -0.2) is 14.2 Å². The third kappa shape index (κ3) is 3.62. The van der Waals surface area contributed by atoms with Gasteiger partial charge in [0.1, 0.15) is 28.7 Å². The Balaban J connectivity index is 1.27. The molecule has 2 aromatic carbocycles. The van der Waals surface area contributed by atoms with Crippen LogP contribution in [0.5, 0.6) is 17.2 Å². The molecule has 3 aromatic rings. The van der Waals surface area contributed by atoms with Crippen molar-refractivity contribution in [2.45, 2.75) is 25.6 Å². The van der Waals surface area contributed by atoms with E-state index >= 15 is 0 Å². The second kappa shape index (κ2) is 7.79. The van der Waals surface area contributed by atoms with Crippen molar-refractivity contribution >= 4 is 23.3 Å². The van der Waals surface area contributed by atoms with Crippen molar-refractivity contribution in [2.24, 2.45) is 0 Å². The normalized spacial score (nSPS) is 19.4. The lowest BCUT2D eigenvalue weighted by atomic mass is 9.91. The van der Waals surface area contributed by atoms with Gasteiger partial charge >= 0.3 is 6.03 Å². The molecule has 0 bridgehead atoms. The van der Waals surface area contributed by atoms with E-state index in [1.165, 1.54) is 35.6 Å². The first-order valence-corrected chi connectivity index (χ1v) is 10.7. The molecule has 1 atom stereocenters. The van der Waals surface area contributed by atoms with Crippen molar-refractivity contribution in [3.05, 3.63) is 69.9 Å². The Hall–Kier alpha value is -3.66. The minimum absolute atomic E-state index is 0.0395. The van der Waals surface area contributed by atoms with Crippen LogP contribution in [-0.2, 0) is 23.5 Å². The summed E-state index contributed by atoms with van der Waals surface area (Å²) in [7, 11) is 0. The van der Waals surface area contributed by atoms with Crippen molar-refractivity contribution < 1.29 is 28.2 Å². The van der Waals surface area contributed by atoms with Gasteiger partial charge < -0.3 is 19.5 Å². The Bertz CT molecular complexity index is 1200. The minimum atomic E-state index is -1.22. The number of thiazole rings is 1. The molecule has 0 radical (unpaired) electrons. The van der Waals surface area contributed by atoms with E-state index in [2.05, 4.69) is 10.3 Å². The number of nitrogens with one attached hydrogen (secondary N) is 1. The summed E-state index contributed by atoms with van der Waals surface area (Å²) in [6, 6.07) is 10.4. The van der Waals surface area contributed by atoms with E-state index in [0.29, 0.717) is 33.5 Å². The molecule has 0 aliphatic carbocycles. The molecule has 2 aliphatic rings. The van der Waals surface area contributed by atoms with Gasteiger partial charge in [0.05, 0.1) is 12.2 Å². The number of carbonyl (C=O) groups excluding carboxylic acids is 2. The minimum Gasteiger partial charge on any atom is -0.486 e. The van der Waals surface area contributed by atoms with Gasteiger partial charge in [-0.2, -0.15) is 0 Å². The number of halogens is 1. The van der Waals surface area contributed by atoms with Gasteiger partial charge in [-0.15, -0.1) is 11.3 Å². The van der Waals surface area contributed by atoms with E-state index in [1.807, 2.05) is 0 Å². The fourth-order valence-electron chi connectivity index (χ4n) is 3.57. The fraction of sp³-hybridized carbons (Fsp3) is 0.227.